The van der Waals surface area contributed by atoms with Crippen LogP contribution in [0.15, 0.2) is 18.5 Å². The molecule has 0 aliphatic heterocycles. The molecule has 0 saturated carbocycles. The van der Waals surface area contributed by atoms with E-state index in [0.29, 0.717) is 18.1 Å². The van der Waals surface area contributed by atoms with E-state index in [1.165, 1.54) is 18.5 Å². The number of amides is 1. The summed E-state index contributed by atoms with van der Waals surface area (Å²) < 4.78 is 0. The molecule has 0 unspecified atom stereocenters. The van der Waals surface area contributed by atoms with Crippen molar-refractivity contribution in [1.29, 1.82) is 0 Å². The topological polar surface area (TPSA) is 95.4 Å². The summed E-state index contributed by atoms with van der Waals surface area (Å²) in [5, 5.41) is 11.4. The maximum absolute atomic E-state index is 11.8. The van der Waals surface area contributed by atoms with Crippen molar-refractivity contribution in [3.8, 4) is 0 Å². The van der Waals surface area contributed by atoms with Crippen molar-refractivity contribution in [2.75, 3.05) is 18.0 Å². The van der Waals surface area contributed by atoms with Crippen LogP contribution in [0, 0.1) is 0 Å². The second kappa shape index (κ2) is 7.98. The van der Waals surface area contributed by atoms with Crippen LogP contribution in [0.4, 0.5) is 5.95 Å². The third-order valence-electron chi connectivity index (χ3n) is 2.53. The second-order valence-corrected chi connectivity index (χ2v) is 4.72. The molecule has 0 atom stereocenters. The summed E-state index contributed by atoms with van der Waals surface area (Å²) in [4.78, 5) is 32.2. The molecular formula is C14H20N4O3. The number of rotatable bonds is 7. The predicted octanol–water partition coefficient (Wildman–Crippen LogP) is 0.925. The first kappa shape index (κ1) is 16.6. The third-order valence-corrected chi connectivity index (χ3v) is 2.53. The fourth-order valence-corrected chi connectivity index (χ4v) is 1.61. The Hall–Kier alpha value is -2.44. The highest BCUT2D eigenvalue weighted by Gasteiger charge is 2.12. The molecule has 7 heteroatoms. The van der Waals surface area contributed by atoms with Gasteiger partial charge in [0, 0.05) is 36.6 Å². The monoisotopic (exact) mass is 292 g/mol. The Kier molecular flexibility index (Phi) is 6.32. The number of likely N-dealkylation sites (N-methyl/N-ethyl adjacent to an activating group) is 1. The molecule has 114 valence electrons. The fourth-order valence-electron chi connectivity index (χ4n) is 1.61. The van der Waals surface area contributed by atoms with E-state index in [1.807, 2.05) is 20.8 Å². The smallest absolute Gasteiger partial charge is 0.328 e. The van der Waals surface area contributed by atoms with Gasteiger partial charge >= 0.3 is 5.97 Å². The van der Waals surface area contributed by atoms with Crippen molar-refractivity contribution in [3.05, 3.63) is 24.0 Å². The van der Waals surface area contributed by atoms with Crippen molar-refractivity contribution >= 4 is 23.9 Å². The molecule has 0 fully saturated rings. The molecule has 1 rings (SSSR count). The van der Waals surface area contributed by atoms with E-state index >= 15 is 0 Å². The molecular weight excluding hydrogens is 272 g/mol. The normalized spacial score (nSPS) is 10.9. The van der Waals surface area contributed by atoms with E-state index in [0.717, 1.165) is 6.08 Å². The molecule has 1 aromatic rings. The van der Waals surface area contributed by atoms with Crippen LogP contribution >= 0.6 is 0 Å². The quantitative estimate of drug-likeness (QED) is 0.726. The van der Waals surface area contributed by atoms with Crippen molar-refractivity contribution < 1.29 is 14.7 Å². The number of aromatic nitrogens is 2. The lowest BCUT2D eigenvalue weighted by Crippen LogP contribution is -2.40. The van der Waals surface area contributed by atoms with Gasteiger partial charge in [0.25, 0.3) is 0 Å². The van der Waals surface area contributed by atoms with Crippen LogP contribution in [-0.4, -0.2) is 46.1 Å². The molecule has 2 N–H and O–H groups in total. The maximum Gasteiger partial charge on any atom is 0.328 e. The van der Waals surface area contributed by atoms with Gasteiger partial charge in [-0.3, -0.25) is 4.79 Å². The van der Waals surface area contributed by atoms with Gasteiger partial charge < -0.3 is 15.3 Å². The molecule has 0 bridgehead atoms. The van der Waals surface area contributed by atoms with E-state index < -0.39 is 5.97 Å². The lowest BCUT2D eigenvalue weighted by atomic mass is 10.3. The highest BCUT2D eigenvalue weighted by Crippen LogP contribution is 2.07. The van der Waals surface area contributed by atoms with E-state index in [1.54, 1.807) is 4.90 Å². The Balaban J connectivity index is 2.73. The van der Waals surface area contributed by atoms with Gasteiger partial charge in [-0.25, -0.2) is 14.8 Å². The number of hydrogen-bond donors (Lipinski definition) is 2. The number of anilines is 1. The Labute approximate surface area is 123 Å². The van der Waals surface area contributed by atoms with Gasteiger partial charge in [-0.2, -0.15) is 0 Å². The number of hydrogen-bond acceptors (Lipinski definition) is 5. The Morgan fingerprint density at radius 3 is 2.48 bits per heavy atom. The molecule has 7 nitrogen and oxygen atoms in total. The lowest BCUT2D eigenvalue weighted by Gasteiger charge is -2.20. The second-order valence-electron chi connectivity index (χ2n) is 4.72. The number of aliphatic carboxylic acids is 1. The Bertz CT molecular complexity index is 511. The van der Waals surface area contributed by atoms with Crippen molar-refractivity contribution in [2.24, 2.45) is 0 Å². The van der Waals surface area contributed by atoms with Gasteiger partial charge in [0.15, 0.2) is 0 Å². The van der Waals surface area contributed by atoms with Crippen LogP contribution in [0.25, 0.3) is 6.08 Å². The number of carboxylic acid groups (broad SMARTS) is 1. The van der Waals surface area contributed by atoms with Gasteiger partial charge in [0.05, 0.1) is 6.54 Å². The van der Waals surface area contributed by atoms with Gasteiger partial charge in [0.2, 0.25) is 11.9 Å². The summed E-state index contributed by atoms with van der Waals surface area (Å²) in [6, 6.07) is 0.0839. The molecule has 1 heterocycles. The first-order chi connectivity index (χ1) is 9.92. The average molecular weight is 292 g/mol. The van der Waals surface area contributed by atoms with Gasteiger partial charge in [-0.15, -0.1) is 0 Å². The average Bonchev–Trinajstić information content (AvgIpc) is 2.42. The van der Waals surface area contributed by atoms with Gasteiger partial charge in [-0.05, 0) is 26.8 Å². The number of nitrogens with zero attached hydrogens (tertiary/aromatic N) is 3. The van der Waals surface area contributed by atoms with Crippen molar-refractivity contribution in [3.63, 3.8) is 0 Å². The summed E-state index contributed by atoms with van der Waals surface area (Å²) in [6.45, 7) is 6.47. The fraction of sp³-hybridized carbons (Fsp3) is 0.429. The summed E-state index contributed by atoms with van der Waals surface area (Å²) >= 11 is 0. The molecule has 0 radical (unpaired) electrons. The number of carboxylic acids is 1. The molecule has 0 aromatic carbocycles. The molecule has 0 aliphatic carbocycles. The van der Waals surface area contributed by atoms with Crippen LogP contribution in [0.1, 0.15) is 26.3 Å². The maximum atomic E-state index is 11.8. The van der Waals surface area contributed by atoms with E-state index in [-0.39, 0.29) is 18.5 Å². The first-order valence-corrected chi connectivity index (χ1v) is 6.69. The standard InChI is InChI=1S/C14H20N4O3/c1-4-18(9-12(19)17-10(2)3)14-15-7-11(8-16-14)5-6-13(20)21/h5-8,10H,4,9H2,1-3H3,(H,17,19)(H,20,21)/b6-5+. The summed E-state index contributed by atoms with van der Waals surface area (Å²) in [6.07, 6.45) is 5.47. The molecule has 0 saturated heterocycles. The van der Waals surface area contributed by atoms with Gasteiger partial charge in [0.1, 0.15) is 0 Å². The molecule has 0 spiro atoms. The molecule has 1 amide bonds. The largest absolute Gasteiger partial charge is 0.478 e. The van der Waals surface area contributed by atoms with Crippen LogP contribution in [0.3, 0.4) is 0 Å². The minimum absolute atomic E-state index is 0.0839. The Morgan fingerprint density at radius 2 is 2.00 bits per heavy atom. The zero-order valence-corrected chi connectivity index (χ0v) is 12.4. The van der Waals surface area contributed by atoms with Crippen LogP contribution in [0.2, 0.25) is 0 Å². The van der Waals surface area contributed by atoms with Crippen LogP contribution in [-0.2, 0) is 9.59 Å². The summed E-state index contributed by atoms with van der Waals surface area (Å²) in [5.74, 6) is -0.686. The SMILES string of the molecule is CCN(CC(=O)NC(C)C)c1ncc(/C=C/C(=O)O)cn1. The van der Waals surface area contributed by atoms with E-state index in [4.69, 9.17) is 5.11 Å². The number of carbonyl (C=O) groups excluding carboxylic acids is 1. The first-order valence-electron chi connectivity index (χ1n) is 6.69. The molecule has 21 heavy (non-hydrogen) atoms. The van der Waals surface area contributed by atoms with Crippen LogP contribution in [0.5, 0.6) is 0 Å². The predicted molar refractivity (Wildman–Crippen MR) is 79.9 cm³/mol. The summed E-state index contributed by atoms with van der Waals surface area (Å²) in [7, 11) is 0. The zero-order chi connectivity index (χ0) is 15.8. The minimum Gasteiger partial charge on any atom is -0.478 e. The zero-order valence-electron chi connectivity index (χ0n) is 12.4. The minimum atomic E-state index is -1.03. The molecule has 1 aromatic heterocycles. The summed E-state index contributed by atoms with van der Waals surface area (Å²) in [5.41, 5.74) is 0.587. The Morgan fingerprint density at radius 1 is 1.38 bits per heavy atom. The van der Waals surface area contributed by atoms with Crippen molar-refractivity contribution in [2.45, 2.75) is 26.8 Å². The van der Waals surface area contributed by atoms with Gasteiger partial charge in [-0.1, -0.05) is 0 Å². The molecule has 0 aliphatic rings. The third kappa shape index (κ3) is 6.03. The van der Waals surface area contributed by atoms with E-state index in [2.05, 4.69) is 15.3 Å². The lowest BCUT2D eigenvalue weighted by molar-refractivity contribution is -0.131. The van der Waals surface area contributed by atoms with E-state index in [9.17, 15) is 9.59 Å². The van der Waals surface area contributed by atoms with Crippen molar-refractivity contribution in [1.82, 2.24) is 15.3 Å². The highest BCUT2D eigenvalue weighted by molar-refractivity contribution is 5.85. The van der Waals surface area contributed by atoms with Crippen LogP contribution < -0.4 is 10.2 Å². The highest BCUT2D eigenvalue weighted by atomic mass is 16.4. The number of nitrogens with one attached hydrogen (secondary N) is 1. The number of carbonyl (C=O) groups is 2.